The number of hydrogen-bond donors (Lipinski definition) is 1. The molecule has 0 fully saturated rings. The predicted molar refractivity (Wildman–Crippen MR) is 93.8 cm³/mol. The number of benzene rings is 2. The number of hydrazone groups is 1. The Morgan fingerprint density at radius 3 is 2.30 bits per heavy atom. The molecule has 4 nitrogen and oxygen atoms in total. The van der Waals surface area contributed by atoms with Gasteiger partial charge in [0.2, 0.25) is 0 Å². The quantitative estimate of drug-likeness (QED) is 0.635. The zero-order valence-electron chi connectivity index (χ0n) is 12.8. The van der Waals surface area contributed by atoms with Gasteiger partial charge >= 0.3 is 0 Å². The third kappa shape index (κ3) is 4.47. The first-order chi connectivity index (χ1) is 11.0. The Labute approximate surface area is 145 Å². The molecule has 2 aromatic carbocycles. The van der Waals surface area contributed by atoms with Crippen molar-refractivity contribution in [1.29, 1.82) is 0 Å². The maximum Gasteiger partial charge on any atom is 0.271 e. The van der Waals surface area contributed by atoms with Crippen LogP contribution in [0.3, 0.4) is 0 Å². The van der Waals surface area contributed by atoms with Crippen molar-refractivity contribution in [2.45, 2.75) is 13.3 Å². The molecule has 0 atom stereocenters. The van der Waals surface area contributed by atoms with Crippen molar-refractivity contribution in [3.05, 3.63) is 63.6 Å². The normalized spacial score (nSPS) is 11.2. The van der Waals surface area contributed by atoms with Crippen LogP contribution in [0.5, 0.6) is 5.75 Å². The van der Waals surface area contributed by atoms with Gasteiger partial charge in [-0.2, -0.15) is 5.10 Å². The van der Waals surface area contributed by atoms with Crippen molar-refractivity contribution < 1.29 is 9.53 Å². The van der Waals surface area contributed by atoms with Crippen LogP contribution in [0.25, 0.3) is 0 Å². The van der Waals surface area contributed by atoms with E-state index < -0.39 is 0 Å². The highest BCUT2D eigenvalue weighted by Gasteiger charge is 2.08. The molecule has 0 saturated heterocycles. The Morgan fingerprint density at radius 1 is 1.09 bits per heavy atom. The second-order valence-corrected chi connectivity index (χ2v) is 5.52. The summed E-state index contributed by atoms with van der Waals surface area (Å²) < 4.78 is 5.13. The van der Waals surface area contributed by atoms with Gasteiger partial charge in [0.05, 0.1) is 22.9 Å². The Hall–Kier alpha value is -2.04. The molecule has 0 bridgehead atoms. The summed E-state index contributed by atoms with van der Waals surface area (Å²) in [6.07, 6.45) is 0.675. The van der Waals surface area contributed by atoms with Gasteiger partial charge in [-0.15, -0.1) is 0 Å². The highest BCUT2D eigenvalue weighted by molar-refractivity contribution is 6.42. The molecule has 6 heteroatoms. The molecule has 0 aliphatic heterocycles. The average Bonchev–Trinajstić information content (AvgIpc) is 2.58. The summed E-state index contributed by atoms with van der Waals surface area (Å²) in [5.74, 6) is 0.423. The largest absolute Gasteiger partial charge is 0.497 e. The van der Waals surface area contributed by atoms with Gasteiger partial charge in [0.25, 0.3) is 5.91 Å². The first-order valence-corrected chi connectivity index (χ1v) is 7.77. The molecule has 1 amide bonds. The van der Waals surface area contributed by atoms with Crippen LogP contribution in [0.4, 0.5) is 0 Å². The van der Waals surface area contributed by atoms with Crippen LogP contribution in [0.15, 0.2) is 47.6 Å². The van der Waals surface area contributed by atoms with Crippen molar-refractivity contribution in [2.24, 2.45) is 5.10 Å². The van der Waals surface area contributed by atoms with Crippen LogP contribution in [0, 0.1) is 0 Å². The van der Waals surface area contributed by atoms with Gasteiger partial charge in [0.1, 0.15) is 5.75 Å². The van der Waals surface area contributed by atoms with E-state index in [1.54, 1.807) is 19.2 Å². The zero-order chi connectivity index (χ0) is 16.8. The summed E-state index contributed by atoms with van der Waals surface area (Å²) in [6, 6.07) is 12.2. The summed E-state index contributed by atoms with van der Waals surface area (Å²) in [7, 11) is 1.61. The number of ether oxygens (including phenoxy) is 1. The smallest absolute Gasteiger partial charge is 0.271 e. The summed E-state index contributed by atoms with van der Waals surface area (Å²) >= 11 is 11.8. The van der Waals surface area contributed by atoms with Gasteiger partial charge < -0.3 is 4.74 Å². The lowest BCUT2D eigenvalue weighted by Gasteiger charge is -2.07. The van der Waals surface area contributed by atoms with Crippen LogP contribution in [0.1, 0.15) is 29.3 Å². The van der Waals surface area contributed by atoms with E-state index in [2.05, 4.69) is 10.5 Å². The minimum Gasteiger partial charge on any atom is -0.497 e. The molecule has 2 aromatic rings. The van der Waals surface area contributed by atoms with Crippen LogP contribution in [0.2, 0.25) is 10.0 Å². The number of nitrogens with zero attached hydrogens (tertiary/aromatic N) is 1. The Balaban J connectivity index is 2.14. The fourth-order valence-corrected chi connectivity index (χ4v) is 2.25. The lowest BCUT2D eigenvalue weighted by Crippen LogP contribution is -2.20. The number of amides is 1. The molecule has 0 spiro atoms. The summed E-state index contributed by atoms with van der Waals surface area (Å²) in [4.78, 5) is 12.1. The molecule has 120 valence electrons. The fraction of sp³-hybridized carbons (Fsp3) is 0.176. The van der Waals surface area contributed by atoms with Gasteiger partial charge in [-0.3, -0.25) is 4.79 Å². The van der Waals surface area contributed by atoms with Gasteiger partial charge in [-0.25, -0.2) is 5.43 Å². The SMILES string of the molecule is CC/C(=N\NC(=O)c1ccc(Cl)c(Cl)c1)c1ccc(OC)cc1. The summed E-state index contributed by atoms with van der Waals surface area (Å²) in [6.45, 7) is 1.97. The van der Waals surface area contributed by atoms with E-state index in [0.717, 1.165) is 17.0 Å². The molecule has 0 aliphatic rings. The van der Waals surface area contributed by atoms with Crippen molar-refractivity contribution >= 4 is 34.8 Å². The number of methoxy groups -OCH3 is 1. The maximum atomic E-state index is 12.1. The van der Waals surface area contributed by atoms with Crippen LogP contribution >= 0.6 is 23.2 Å². The molecule has 0 radical (unpaired) electrons. The first kappa shape index (κ1) is 17.3. The van der Waals surface area contributed by atoms with Gasteiger partial charge in [0, 0.05) is 5.56 Å². The molecule has 2 rings (SSSR count). The number of carbonyl (C=O) groups excluding carboxylic acids is 1. The van der Waals surface area contributed by atoms with Gasteiger partial charge in [-0.1, -0.05) is 30.1 Å². The molecule has 0 aromatic heterocycles. The van der Waals surface area contributed by atoms with Crippen molar-refractivity contribution in [3.8, 4) is 5.75 Å². The Morgan fingerprint density at radius 2 is 1.74 bits per heavy atom. The highest BCUT2D eigenvalue weighted by Crippen LogP contribution is 2.22. The monoisotopic (exact) mass is 350 g/mol. The molecule has 0 aliphatic carbocycles. The topological polar surface area (TPSA) is 50.7 Å². The lowest BCUT2D eigenvalue weighted by molar-refractivity contribution is 0.0955. The van der Waals surface area contributed by atoms with E-state index in [-0.39, 0.29) is 5.91 Å². The van der Waals surface area contributed by atoms with Crippen molar-refractivity contribution in [1.82, 2.24) is 5.43 Å². The second-order valence-electron chi connectivity index (χ2n) is 4.71. The Kier molecular flexibility index (Phi) is 6.02. The minimum absolute atomic E-state index is 0.328. The number of nitrogens with one attached hydrogen (secondary N) is 1. The van der Waals surface area contributed by atoms with E-state index in [0.29, 0.717) is 22.0 Å². The molecule has 0 heterocycles. The van der Waals surface area contributed by atoms with Crippen molar-refractivity contribution in [2.75, 3.05) is 7.11 Å². The second kappa shape index (κ2) is 7.99. The third-order valence-electron chi connectivity index (χ3n) is 3.23. The maximum absolute atomic E-state index is 12.1. The predicted octanol–water partition coefficient (Wildman–Crippen LogP) is 4.55. The minimum atomic E-state index is -0.344. The van der Waals surface area contributed by atoms with Gasteiger partial charge in [-0.05, 0) is 54.4 Å². The summed E-state index contributed by atoms with van der Waals surface area (Å²) in [5.41, 5.74) is 4.62. The van der Waals surface area contributed by atoms with E-state index in [1.807, 2.05) is 31.2 Å². The van der Waals surface area contributed by atoms with E-state index in [9.17, 15) is 4.79 Å². The van der Waals surface area contributed by atoms with Crippen LogP contribution in [-0.4, -0.2) is 18.7 Å². The number of halogens is 2. The van der Waals surface area contributed by atoms with E-state index in [1.165, 1.54) is 6.07 Å². The molecular weight excluding hydrogens is 335 g/mol. The third-order valence-corrected chi connectivity index (χ3v) is 3.97. The fourth-order valence-electron chi connectivity index (χ4n) is 1.95. The standard InChI is InChI=1S/C17H16Cl2N2O2/c1-3-16(11-4-7-13(23-2)8-5-11)20-21-17(22)12-6-9-14(18)15(19)10-12/h4-10H,3H2,1-2H3,(H,21,22)/b20-16+. The summed E-state index contributed by atoms with van der Waals surface area (Å²) in [5, 5.41) is 4.93. The lowest BCUT2D eigenvalue weighted by atomic mass is 10.1. The van der Waals surface area contributed by atoms with Crippen molar-refractivity contribution in [3.63, 3.8) is 0 Å². The van der Waals surface area contributed by atoms with Crippen LogP contribution in [-0.2, 0) is 0 Å². The van der Waals surface area contributed by atoms with E-state index in [4.69, 9.17) is 27.9 Å². The molecular formula is C17H16Cl2N2O2. The van der Waals surface area contributed by atoms with Crippen LogP contribution < -0.4 is 10.2 Å². The molecule has 0 unspecified atom stereocenters. The number of hydrogen-bond acceptors (Lipinski definition) is 3. The first-order valence-electron chi connectivity index (χ1n) is 7.01. The average molecular weight is 351 g/mol. The number of rotatable bonds is 5. The molecule has 1 N–H and O–H groups in total. The highest BCUT2D eigenvalue weighted by atomic mass is 35.5. The van der Waals surface area contributed by atoms with E-state index >= 15 is 0 Å². The Bertz CT molecular complexity index is 728. The molecule has 0 saturated carbocycles. The number of carbonyl (C=O) groups is 1. The molecule has 23 heavy (non-hydrogen) atoms. The zero-order valence-corrected chi connectivity index (χ0v) is 14.3. The van der Waals surface area contributed by atoms with Gasteiger partial charge in [0.15, 0.2) is 0 Å².